The van der Waals surface area contributed by atoms with Crippen LogP contribution in [0.4, 0.5) is 0 Å². The van der Waals surface area contributed by atoms with Crippen molar-refractivity contribution in [1.29, 1.82) is 0 Å². The summed E-state index contributed by atoms with van der Waals surface area (Å²) in [6.07, 6.45) is 6.55. The SMILES string of the molecule is COc1cccc(CN2C(=O)c3cc4c(OC)ccc(OC)c4n3CC2(C)C(=O)NC2CCCCCC2)c1. The fourth-order valence-corrected chi connectivity index (χ4v) is 5.92. The molecule has 0 saturated heterocycles. The van der Waals surface area contributed by atoms with Crippen LogP contribution in [0.2, 0.25) is 0 Å². The minimum atomic E-state index is -1.13. The zero-order chi connectivity index (χ0) is 26.9. The zero-order valence-electron chi connectivity index (χ0n) is 22.7. The first-order valence-corrected chi connectivity index (χ1v) is 13.4. The summed E-state index contributed by atoms with van der Waals surface area (Å²) in [6.45, 7) is 2.45. The van der Waals surface area contributed by atoms with E-state index in [1.807, 2.05) is 54.0 Å². The Balaban J connectivity index is 1.60. The van der Waals surface area contributed by atoms with Gasteiger partial charge in [-0.05, 0) is 55.7 Å². The fraction of sp³-hybridized carbons (Fsp3) is 0.467. The highest BCUT2D eigenvalue weighted by Gasteiger charge is 2.48. The van der Waals surface area contributed by atoms with E-state index in [4.69, 9.17) is 14.2 Å². The summed E-state index contributed by atoms with van der Waals surface area (Å²) in [5.41, 5.74) is 1.03. The molecule has 5 rings (SSSR count). The number of benzene rings is 2. The third-order valence-electron chi connectivity index (χ3n) is 8.10. The number of carbonyl (C=O) groups is 2. The van der Waals surface area contributed by atoms with Crippen molar-refractivity contribution in [3.63, 3.8) is 0 Å². The van der Waals surface area contributed by atoms with E-state index >= 15 is 0 Å². The van der Waals surface area contributed by atoms with Crippen LogP contribution < -0.4 is 19.5 Å². The lowest BCUT2D eigenvalue weighted by atomic mass is 9.93. The number of ether oxygens (including phenoxy) is 3. The van der Waals surface area contributed by atoms with Gasteiger partial charge in [-0.3, -0.25) is 9.59 Å². The minimum absolute atomic E-state index is 0.119. The lowest BCUT2D eigenvalue weighted by molar-refractivity contribution is -0.134. The number of carbonyl (C=O) groups excluding carboxylic acids is 2. The monoisotopic (exact) mass is 519 g/mol. The summed E-state index contributed by atoms with van der Waals surface area (Å²) >= 11 is 0. The molecule has 1 fully saturated rings. The topological polar surface area (TPSA) is 82.0 Å². The molecule has 1 aliphatic carbocycles. The number of fused-ring (bicyclic) bond motifs is 3. The van der Waals surface area contributed by atoms with Crippen molar-refractivity contribution in [2.24, 2.45) is 0 Å². The number of amides is 2. The largest absolute Gasteiger partial charge is 0.497 e. The number of methoxy groups -OCH3 is 3. The van der Waals surface area contributed by atoms with Gasteiger partial charge in [0, 0.05) is 18.0 Å². The number of aromatic nitrogens is 1. The first-order valence-electron chi connectivity index (χ1n) is 13.4. The lowest BCUT2D eigenvalue weighted by Gasteiger charge is -2.44. The fourth-order valence-electron chi connectivity index (χ4n) is 5.92. The van der Waals surface area contributed by atoms with Gasteiger partial charge in [-0.2, -0.15) is 0 Å². The summed E-state index contributed by atoms with van der Waals surface area (Å²) in [7, 11) is 4.84. The molecule has 2 aromatic carbocycles. The molecule has 1 N–H and O–H groups in total. The van der Waals surface area contributed by atoms with Gasteiger partial charge in [0.05, 0.1) is 33.4 Å². The normalized spacial score (nSPS) is 20.1. The Labute approximate surface area is 223 Å². The van der Waals surface area contributed by atoms with Gasteiger partial charge in [-0.15, -0.1) is 0 Å². The molecule has 1 aliphatic heterocycles. The second kappa shape index (κ2) is 10.6. The molecule has 2 heterocycles. The highest BCUT2D eigenvalue weighted by Crippen LogP contribution is 2.40. The van der Waals surface area contributed by atoms with E-state index in [0.717, 1.165) is 42.1 Å². The number of nitrogens with zero attached hydrogens (tertiary/aromatic N) is 2. The van der Waals surface area contributed by atoms with Crippen molar-refractivity contribution in [3.05, 3.63) is 53.7 Å². The second-order valence-electron chi connectivity index (χ2n) is 10.5. The quantitative estimate of drug-likeness (QED) is 0.448. The maximum Gasteiger partial charge on any atom is 0.271 e. The van der Waals surface area contributed by atoms with E-state index in [1.54, 1.807) is 26.2 Å². The molecule has 202 valence electrons. The molecule has 1 aromatic heterocycles. The molecule has 0 bridgehead atoms. The van der Waals surface area contributed by atoms with Crippen molar-refractivity contribution in [2.45, 2.75) is 70.1 Å². The van der Waals surface area contributed by atoms with Gasteiger partial charge in [0.2, 0.25) is 5.91 Å². The Morgan fingerprint density at radius 3 is 2.37 bits per heavy atom. The third kappa shape index (κ3) is 4.57. The molecule has 1 unspecified atom stereocenters. The highest BCUT2D eigenvalue weighted by atomic mass is 16.5. The number of nitrogens with one attached hydrogen (secondary N) is 1. The highest BCUT2D eigenvalue weighted by molar-refractivity contribution is 6.05. The van der Waals surface area contributed by atoms with Gasteiger partial charge >= 0.3 is 0 Å². The molecule has 0 spiro atoms. The average Bonchev–Trinajstić information content (AvgIpc) is 3.12. The number of rotatable bonds is 7. The van der Waals surface area contributed by atoms with Gasteiger partial charge < -0.3 is 29.0 Å². The molecule has 8 heteroatoms. The van der Waals surface area contributed by atoms with E-state index in [-0.39, 0.29) is 24.4 Å². The molecule has 1 saturated carbocycles. The molecule has 2 aliphatic rings. The Hall–Kier alpha value is -3.68. The van der Waals surface area contributed by atoms with Gasteiger partial charge in [-0.1, -0.05) is 37.8 Å². The smallest absolute Gasteiger partial charge is 0.271 e. The van der Waals surface area contributed by atoms with Crippen molar-refractivity contribution < 1.29 is 23.8 Å². The van der Waals surface area contributed by atoms with E-state index < -0.39 is 5.54 Å². The predicted molar refractivity (Wildman–Crippen MR) is 146 cm³/mol. The molecule has 2 amide bonds. The standard InChI is InChI=1S/C30H37N3O5/c1-30(29(35)31-21-11-7-5-6-8-12-21)19-32-24(17-23-25(37-3)14-15-26(38-4)27(23)32)28(34)33(30)18-20-10-9-13-22(16-20)36-2/h9-10,13-17,21H,5-8,11-12,18-19H2,1-4H3,(H,31,35). The maximum absolute atomic E-state index is 14.2. The van der Waals surface area contributed by atoms with Crippen molar-refractivity contribution in [3.8, 4) is 17.2 Å². The van der Waals surface area contributed by atoms with Crippen molar-refractivity contribution in [2.75, 3.05) is 21.3 Å². The summed E-state index contributed by atoms with van der Waals surface area (Å²) in [5, 5.41) is 4.11. The van der Waals surface area contributed by atoms with Crippen molar-refractivity contribution >= 4 is 22.7 Å². The van der Waals surface area contributed by atoms with Crippen LogP contribution in [-0.2, 0) is 17.9 Å². The third-order valence-corrected chi connectivity index (χ3v) is 8.10. The first kappa shape index (κ1) is 25.9. The molecule has 8 nitrogen and oxygen atoms in total. The number of hydrogen-bond acceptors (Lipinski definition) is 5. The summed E-state index contributed by atoms with van der Waals surface area (Å²) in [4.78, 5) is 30.0. The maximum atomic E-state index is 14.2. The van der Waals surface area contributed by atoms with Crippen LogP contribution in [-0.4, -0.2) is 54.2 Å². The average molecular weight is 520 g/mol. The molecule has 3 aromatic rings. The Morgan fingerprint density at radius 2 is 1.68 bits per heavy atom. The van der Waals surface area contributed by atoms with Gasteiger partial charge in [0.1, 0.15) is 28.5 Å². The molecule has 38 heavy (non-hydrogen) atoms. The van der Waals surface area contributed by atoms with E-state index in [1.165, 1.54) is 12.8 Å². The molecular formula is C30H37N3O5. The summed E-state index contributed by atoms with van der Waals surface area (Å²) in [5.74, 6) is 1.65. The predicted octanol–water partition coefficient (Wildman–Crippen LogP) is 4.92. The van der Waals surface area contributed by atoms with Crippen LogP contribution in [0, 0.1) is 0 Å². The van der Waals surface area contributed by atoms with Gasteiger partial charge in [0.25, 0.3) is 5.91 Å². The zero-order valence-corrected chi connectivity index (χ0v) is 22.7. The van der Waals surface area contributed by atoms with Crippen LogP contribution >= 0.6 is 0 Å². The lowest BCUT2D eigenvalue weighted by Crippen LogP contribution is -2.64. The Kier molecular flexibility index (Phi) is 7.23. The van der Waals surface area contributed by atoms with Crippen molar-refractivity contribution in [1.82, 2.24) is 14.8 Å². The van der Waals surface area contributed by atoms with Crippen LogP contribution in [0.1, 0.15) is 61.5 Å². The van der Waals surface area contributed by atoms with Crippen LogP contribution in [0.5, 0.6) is 17.2 Å². The van der Waals surface area contributed by atoms with Gasteiger partial charge in [-0.25, -0.2) is 0 Å². The molecule has 0 radical (unpaired) electrons. The first-order chi connectivity index (χ1) is 18.4. The molecule has 1 atom stereocenters. The Morgan fingerprint density at radius 1 is 0.974 bits per heavy atom. The van der Waals surface area contributed by atoms with Crippen LogP contribution in [0.15, 0.2) is 42.5 Å². The van der Waals surface area contributed by atoms with E-state index in [2.05, 4.69) is 5.32 Å². The summed E-state index contributed by atoms with van der Waals surface area (Å²) < 4.78 is 18.6. The van der Waals surface area contributed by atoms with Crippen LogP contribution in [0.25, 0.3) is 10.9 Å². The van der Waals surface area contributed by atoms with E-state index in [0.29, 0.717) is 29.5 Å². The number of hydrogen-bond donors (Lipinski definition) is 1. The summed E-state index contributed by atoms with van der Waals surface area (Å²) in [6, 6.07) is 13.3. The molecular weight excluding hydrogens is 482 g/mol. The van der Waals surface area contributed by atoms with Gasteiger partial charge in [0.15, 0.2) is 0 Å². The van der Waals surface area contributed by atoms with E-state index in [9.17, 15) is 9.59 Å². The Bertz CT molecular complexity index is 1340. The van der Waals surface area contributed by atoms with Crippen LogP contribution in [0.3, 0.4) is 0 Å². The second-order valence-corrected chi connectivity index (χ2v) is 10.5. The minimum Gasteiger partial charge on any atom is -0.497 e.